The number of nitrogens with zero attached hydrogens (tertiary/aromatic N) is 2. The molecule has 2 aromatic rings. The van der Waals surface area contributed by atoms with E-state index in [1.165, 1.54) is 12.8 Å². The number of benzene rings is 1. The number of aromatic nitrogens is 2. The van der Waals surface area contributed by atoms with Gasteiger partial charge < -0.3 is 14.4 Å². The van der Waals surface area contributed by atoms with Gasteiger partial charge in [0, 0.05) is 0 Å². The Morgan fingerprint density at radius 1 is 1.33 bits per heavy atom. The number of hydrogen-bond donors (Lipinski definition) is 1. The molecule has 1 aromatic carbocycles. The average molecular weight is 328 g/mol. The van der Waals surface area contributed by atoms with E-state index in [4.69, 9.17) is 4.74 Å². The smallest absolute Gasteiger partial charge is 0.0959 e. The Bertz CT molecular complexity index is 738. The molecule has 0 aliphatic heterocycles. The summed E-state index contributed by atoms with van der Waals surface area (Å²) in [5.74, 6) is 0.766. The highest BCUT2D eigenvalue weighted by molar-refractivity contribution is 5.74. The van der Waals surface area contributed by atoms with Gasteiger partial charge in [0.05, 0.1) is 42.7 Å². The summed E-state index contributed by atoms with van der Waals surface area (Å²) < 4.78 is 8.22. The standard InChI is InChI=1S/C20H28N2O2/c1-19(2)14-8-9-20(19,3)18(10-14)24-12-15(23)11-22-13-21-16-6-4-5-7-17(16)22/h4-7,13-15,18,23H,8-12H2,1-3H3/t14-,15-,18-,20-/m1/s1. The van der Waals surface area contributed by atoms with Crippen molar-refractivity contribution in [2.45, 2.75) is 58.8 Å². The van der Waals surface area contributed by atoms with E-state index >= 15 is 0 Å². The van der Waals surface area contributed by atoms with E-state index in [0.717, 1.165) is 23.4 Å². The Labute approximate surface area is 143 Å². The first-order valence-corrected chi connectivity index (χ1v) is 9.11. The van der Waals surface area contributed by atoms with Crippen molar-refractivity contribution in [1.29, 1.82) is 0 Å². The van der Waals surface area contributed by atoms with Crippen LogP contribution in [0, 0.1) is 16.7 Å². The second-order valence-corrected chi connectivity index (χ2v) is 8.47. The van der Waals surface area contributed by atoms with Crippen LogP contribution in [0.15, 0.2) is 30.6 Å². The summed E-state index contributed by atoms with van der Waals surface area (Å²) in [6.07, 6.45) is 5.29. The molecule has 130 valence electrons. The Hall–Kier alpha value is -1.39. The zero-order valence-corrected chi connectivity index (χ0v) is 14.9. The monoisotopic (exact) mass is 328 g/mol. The summed E-state index contributed by atoms with van der Waals surface area (Å²) in [4.78, 5) is 4.38. The molecule has 2 aliphatic rings. The van der Waals surface area contributed by atoms with Gasteiger partial charge in [-0.25, -0.2) is 4.98 Å². The van der Waals surface area contributed by atoms with Crippen LogP contribution in [-0.2, 0) is 11.3 Å². The molecule has 0 radical (unpaired) electrons. The molecule has 2 aliphatic carbocycles. The van der Waals surface area contributed by atoms with Gasteiger partial charge in [0.25, 0.3) is 0 Å². The molecule has 0 unspecified atom stereocenters. The van der Waals surface area contributed by atoms with Crippen LogP contribution in [0.3, 0.4) is 0 Å². The summed E-state index contributed by atoms with van der Waals surface area (Å²) in [5.41, 5.74) is 2.62. The molecular weight excluding hydrogens is 300 g/mol. The SMILES string of the molecule is CC1(C)[C@@H]2CC[C@]1(C)[C@H](OC[C@H](O)Cn1cnc3ccccc31)C2. The lowest BCUT2D eigenvalue weighted by Crippen LogP contribution is -2.38. The zero-order valence-electron chi connectivity index (χ0n) is 14.9. The molecule has 1 N–H and O–H groups in total. The predicted molar refractivity (Wildman–Crippen MR) is 94.7 cm³/mol. The van der Waals surface area contributed by atoms with E-state index in [1.54, 1.807) is 6.33 Å². The highest BCUT2D eigenvalue weighted by atomic mass is 16.5. The maximum atomic E-state index is 10.5. The minimum absolute atomic E-state index is 0.249. The third kappa shape index (κ3) is 2.31. The van der Waals surface area contributed by atoms with Crippen LogP contribution in [0.4, 0.5) is 0 Å². The molecule has 0 spiro atoms. The van der Waals surface area contributed by atoms with Crippen LogP contribution in [0.25, 0.3) is 11.0 Å². The molecule has 4 rings (SSSR count). The fraction of sp³-hybridized carbons (Fsp3) is 0.650. The quantitative estimate of drug-likeness (QED) is 0.912. The first-order chi connectivity index (χ1) is 11.4. The number of imidazole rings is 1. The largest absolute Gasteiger partial charge is 0.389 e. The van der Waals surface area contributed by atoms with Crippen molar-refractivity contribution in [2.75, 3.05) is 6.61 Å². The summed E-state index contributed by atoms with van der Waals surface area (Å²) in [5, 5.41) is 10.5. The number of rotatable bonds is 5. The molecule has 1 aromatic heterocycles. The molecule has 4 nitrogen and oxygen atoms in total. The Balaban J connectivity index is 1.39. The molecule has 4 atom stereocenters. The Kier molecular flexibility index (Phi) is 3.73. The lowest BCUT2D eigenvalue weighted by atomic mass is 9.70. The van der Waals surface area contributed by atoms with E-state index in [0.29, 0.717) is 18.6 Å². The van der Waals surface area contributed by atoms with E-state index < -0.39 is 6.10 Å². The number of hydrogen-bond acceptors (Lipinski definition) is 3. The van der Waals surface area contributed by atoms with E-state index in [2.05, 4.69) is 25.8 Å². The summed E-state index contributed by atoms with van der Waals surface area (Å²) >= 11 is 0. The number of para-hydroxylation sites is 2. The average Bonchev–Trinajstić information content (AvgIpc) is 3.12. The molecule has 2 saturated carbocycles. The first kappa shape index (κ1) is 16.1. The topological polar surface area (TPSA) is 47.3 Å². The Morgan fingerprint density at radius 3 is 2.83 bits per heavy atom. The molecule has 24 heavy (non-hydrogen) atoms. The lowest BCUT2D eigenvalue weighted by Gasteiger charge is -2.39. The van der Waals surface area contributed by atoms with Crippen LogP contribution in [0.2, 0.25) is 0 Å². The maximum absolute atomic E-state index is 10.5. The van der Waals surface area contributed by atoms with Crippen molar-refractivity contribution >= 4 is 11.0 Å². The van der Waals surface area contributed by atoms with Gasteiger partial charge in [-0.1, -0.05) is 32.9 Å². The fourth-order valence-electron chi connectivity index (χ4n) is 5.05. The minimum atomic E-state index is -0.506. The van der Waals surface area contributed by atoms with Crippen molar-refractivity contribution in [3.05, 3.63) is 30.6 Å². The van der Waals surface area contributed by atoms with E-state index in [-0.39, 0.29) is 11.5 Å². The second-order valence-electron chi connectivity index (χ2n) is 8.47. The fourth-order valence-corrected chi connectivity index (χ4v) is 5.05. The van der Waals surface area contributed by atoms with Crippen molar-refractivity contribution in [3.63, 3.8) is 0 Å². The van der Waals surface area contributed by atoms with Crippen LogP contribution in [0.5, 0.6) is 0 Å². The normalized spacial score (nSPS) is 32.5. The van der Waals surface area contributed by atoms with Gasteiger partial charge in [0.2, 0.25) is 0 Å². The molecule has 2 bridgehead atoms. The van der Waals surface area contributed by atoms with Crippen molar-refractivity contribution in [1.82, 2.24) is 9.55 Å². The predicted octanol–water partition coefficient (Wildman–Crippen LogP) is 3.63. The van der Waals surface area contributed by atoms with Crippen molar-refractivity contribution in [2.24, 2.45) is 16.7 Å². The molecule has 0 saturated heterocycles. The third-order valence-electron chi connectivity index (χ3n) is 7.14. The number of ether oxygens (including phenoxy) is 1. The van der Waals surface area contributed by atoms with Gasteiger partial charge in [-0.2, -0.15) is 0 Å². The van der Waals surface area contributed by atoms with Crippen molar-refractivity contribution < 1.29 is 9.84 Å². The van der Waals surface area contributed by atoms with Gasteiger partial charge >= 0.3 is 0 Å². The second kappa shape index (κ2) is 5.57. The lowest BCUT2D eigenvalue weighted by molar-refractivity contribution is -0.0771. The summed E-state index contributed by atoms with van der Waals surface area (Å²) in [6, 6.07) is 8.01. The molecule has 0 amide bonds. The summed E-state index contributed by atoms with van der Waals surface area (Å²) in [7, 11) is 0. The molecule has 1 heterocycles. The van der Waals surface area contributed by atoms with Gasteiger partial charge in [-0.05, 0) is 48.1 Å². The summed E-state index contributed by atoms with van der Waals surface area (Å²) in [6.45, 7) is 8.08. The molecule has 4 heteroatoms. The first-order valence-electron chi connectivity index (χ1n) is 9.11. The van der Waals surface area contributed by atoms with Crippen LogP contribution < -0.4 is 0 Å². The number of aliphatic hydroxyl groups excluding tert-OH is 1. The van der Waals surface area contributed by atoms with Crippen LogP contribution in [0.1, 0.15) is 40.0 Å². The number of fused-ring (bicyclic) bond motifs is 3. The Morgan fingerprint density at radius 2 is 2.12 bits per heavy atom. The van der Waals surface area contributed by atoms with Gasteiger partial charge in [0.1, 0.15) is 0 Å². The van der Waals surface area contributed by atoms with Gasteiger partial charge in [-0.3, -0.25) is 0 Å². The molecule has 2 fully saturated rings. The van der Waals surface area contributed by atoms with Crippen molar-refractivity contribution in [3.8, 4) is 0 Å². The zero-order chi connectivity index (χ0) is 16.9. The highest BCUT2D eigenvalue weighted by Gasteiger charge is 2.61. The van der Waals surface area contributed by atoms with E-state index in [9.17, 15) is 5.11 Å². The van der Waals surface area contributed by atoms with Crippen LogP contribution >= 0.6 is 0 Å². The van der Waals surface area contributed by atoms with Gasteiger partial charge in [0.15, 0.2) is 0 Å². The third-order valence-corrected chi connectivity index (χ3v) is 7.14. The molecular formula is C20H28N2O2. The van der Waals surface area contributed by atoms with E-state index in [1.807, 2.05) is 28.8 Å². The number of aliphatic hydroxyl groups is 1. The minimum Gasteiger partial charge on any atom is -0.389 e. The van der Waals surface area contributed by atoms with Gasteiger partial charge in [-0.15, -0.1) is 0 Å². The highest BCUT2D eigenvalue weighted by Crippen LogP contribution is 2.66. The maximum Gasteiger partial charge on any atom is 0.0959 e. The van der Waals surface area contributed by atoms with Crippen LogP contribution in [-0.4, -0.2) is 33.5 Å².